The van der Waals surface area contributed by atoms with Crippen molar-refractivity contribution in [3.63, 3.8) is 0 Å². The summed E-state index contributed by atoms with van der Waals surface area (Å²) in [6, 6.07) is 73.3. The van der Waals surface area contributed by atoms with E-state index in [0.717, 1.165) is 17.1 Å². The standard InChI is InChI=1S/C49H33NS/c1-4-17-34(18-5-1)49(44-28-13-10-23-38(44)39-24-11-14-29-45(39)49)35-31-32-47-43(33-35)42-27-16-26-41(48(42)51-47)40-25-12-15-30-46(40)50(36-19-6-2-7-20-36)37-21-8-3-9-22-37/h1-33H. The topological polar surface area (TPSA) is 3.24 Å². The molecule has 0 aliphatic heterocycles. The highest BCUT2D eigenvalue weighted by Gasteiger charge is 2.45. The summed E-state index contributed by atoms with van der Waals surface area (Å²) in [6.45, 7) is 0. The zero-order valence-electron chi connectivity index (χ0n) is 27.9. The summed E-state index contributed by atoms with van der Waals surface area (Å²) in [5.74, 6) is 0. The Labute approximate surface area is 302 Å². The molecule has 0 fully saturated rings. The summed E-state index contributed by atoms with van der Waals surface area (Å²) in [5, 5.41) is 2.59. The Morgan fingerprint density at radius 2 is 0.902 bits per heavy atom. The molecule has 0 unspecified atom stereocenters. The number of para-hydroxylation sites is 3. The van der Waals surface area contributed by atoms with Crippen molar-refractivity contribution in [1.82, 2.24) is 0 Å². The predicted molar refractivity (Wildman–Crippen MR) is 217 cm³/mol. The van der Waals surface area contributed by atoms with E-state index in [9.17, 15) is 0 Å². The normalized spacial score (nSPS) is 12.9. The van der Waals surface area contributed by atoms with Crippen LogP contribution in [0, 0.1) is 0 Å². The summed E-state index contributed by atoms with van der Waals surface area (Å²) in [6.07, 6.45) is 0. The van der Waals surface area contributed by atoms with Crippen LogP contribution in [0.25, 0.3) is 42.4 Å². The van der Waals surface area contributed by atoms with Gasteiger partial charge in [-0.05, 0) is 75.8 Å². The number of nitrogens with zero attached hydrogens (tertiary/aromatic N) is 1. The maximum atomic E-state index is 2.48. The van der Waals surface area contributed by atoms with Crippen molar-refractivity contribution in [2.24, 2.45) is 0 Å². The Kier molecular flexibility index (Phi) is 6.97. The minimum Gasteiger partial charge on any atom is -0.310 e. The second-order valence-electron chi connectivity index (χ2n) is 13.2. The third-order valence-corrected chi connectivity index (χ3v) is 11.8. The lowest BCUT2D eigenvalue weighted by Gasteiger charge is -2.34. The van der Waals surface area contributed by atoms with E-state index >= 15 is 0 Å². The van der Waals surface area contributed by atoms with Gasteiger partial charge < -0.3 is 4.90 Å². The monoisotopic (exact) mass is 667 g/mol. The van der Waals surface area contributed by atoms with Gasteiger partial charge in [0, 0.05) is 42.7 Å². The van der Waals surface area contributed by atoms with E-state index in [-0.39, 0.29) is 0 Å². The fourth-order valence-corrected chi connectivity index (χ4v) is 9.64. The van der Waals surface area contributed by atoms with Gasteiger partial charge in [0.05, 0.1) is 11.1 Å². The van der Waals surface area contributed by atoms with Crippen molar-refractivity contribution in [1.29, 1.82) is 0 Å². The molecule has 0 N–H and O–H groups in total. The molecule has 8 aromatic carbocycles. The van der Waals surface area contributed by atoms with Crippen molar-refractivity contribution in [2.45, 2.75) is 5.41 Å². The molecule has 1 heterocycles. The van der Waals surface area contributed by atoms with E-state index in [4.69, 9.17) is 0 Å². The van der Waals surface area contributed by atoms with Crippen LogP contribution < -0.4 is 4.90 Å². The van der Waals surface area contributed by atoms with Gasteiger partial charge in [0.15, 0.2) is 0 Å². The summed E-state index contributed by atoms with van der Waals surface area (Å²) in [4.78, 5) is 2.37. The Hall–Kier alpha value is -6.22. The lowest BCUT2D eigenvalue weighted by Crippen LogP contribution is -2.28. The first-order valence-corrected chi connectivity index (χ1v) is 18.3. The molecule has 0 saturated heterocycles. The number of anilines is 3. The highest BCUT2D eigenvalue weighted by molar-refractivity contribution is 7.26. The molecule has 1 aliphatic rings. The van der Waals surface area contributed by atoms with E-state index in [0.29, 0.717) is 0 Å². The molecule has 0 amide bonds. The van der Waals surface area contributed by atoms with Crippen LogP contribution >= 0.6 is 11.3 Å². The van der Waals surface area contributed by atoms with Gasteiger partial charge in [-0.25, -0.2) is 0 Å². The molecule has 0 atom stereocenters. The van der Waals surface area contributed by atoms with Crippen molar-refractivity contribution in [2.75, 3.05) is 4.90 Å². The maximum absolute atomic E-state index is 2.48. The molecule has 1 aromatic heterocycles. The van der Waals surface area contributed by atoms with E-state index in [2.05, 4.69) is 205 Å². The smallest absolute Gasteiger partial charge is 0.0713 e. The Balaban J connectivity index is 1.21. The van der Waals surface area contributed by atoms with Gasteiger partial charge in [-0.3, -0.25) is 0 Å². The van der Waals surface area contributed by atoms with E-state index in [1.807, 2.05) is 11.3 Å². The van der Waals surface area contributed by atoms with Crippen molar-refractivity contribution >= 4 is 48.6 Å². The number of rotatable bonds is 6. The quantitative estimate of drug-likeness (QED) is 0.171. The molecule has 0 saturated carbocycles. The summed E-state index contributed by atoms with van der Waals surface area (Å²) in [5.41, 5.74) is 13.3. The SMILES string of the molecule is c1ccc(N(c2ccccc2)c2ccccc2-c2cccc3c2sc2ccc(C4(c5ccccc5)c5ccccc5-c5ccccc54)cc23)cc1. The van der Waals surface area contributed by atoms with Crippen LogP contribution in [-0.2, 0) is 5.41 Å². The molecule has 1 nitrogen and oxygen atoms in total. The van der Waals surface area contributed by atoms with Gasteiger partial charge in [0.2, 0.25) is 0 Å². The molecular formula is C49H33NS. The van der Waals surface area contributed by atoms with E-state index < -0.39 is 5.41 Å². The molecule has 1 aliphatic carbocycles. The molecular weight excluding hydrogens is 635 g/mol. The molecule has 51 heavy (non-hydrogen) atoms. The zero-order chi connectivity index (χ0) is 33.8. The number of hydrogen-bond donors (Lipinski definition) is 0. The number of thiophene rings is 1. The first kappa shape index (κ1) is 29.7. The molecule has 0 spiro atoms. The van der Waals surface area contributed by atoms with Crippen molar-refractivity contribution in [3.05, 3.63) is 222 Å². The summed E-state index contributed by atoms with van der Waals surface area (Å²) < 4.78 is 2.60. The third-order valence-electron chi connectivity index (χ3n) is 10.6. The average molecular weight is 668 g/mol. The zero-order valence-corrected chi connectivity index (χ0v) is 28.7. The fraction of sp³-hybridized carbons (Fsp3) is 0.0204. The Morgan fingerprint density at radius 3 is 1.55 bits per heavy atom. The Morgan fingerprint density at radius 1 is 0.373 bits per heavy atom. The number of benzene rings is 8. The first-order chi connectivity index (χ1) is 25.3. The minimum absolute atomic E-state index is 0.424. The van der Waals surface area contributed by atoms with E-state index in [1.165, 1.54) is 64.7 Å². The number of fused-ring (bicyclic) bond motifs is 6. The lowest BCUT2D eigenvalue weighted by molar-refractivity contribution is 0.770. The van der Waals surface area contributed by atoms with Crippen LogP contribution in [0.15, 0.2) is 200 Å². The Bertz CT molecular complexity index is 2610. The molecule has 9 aromatic rings. The number of hydrogen-bond acceptors (Lipinski definition) is 2. The minimum atomic E-state index is -0.424. The van der Waals surface area contributed by atoms with Gasteiger partial charge in [0.1, 0.15) is 0 Å². The van der Waals surface area contributed by atoms with Crippen LogP contribution in [0.1, 0.15) is 22.3 Å². The van der Waals surface area contributed by atoms with Gasteiger partial charge >= 0.3 is 0 Å². The van der Waals surface area contributed by atoms with Gasteiger partial charge in [-0.1, -0.05) is 158 Å². The van der Waals surface area contributed by atoms with Crippen LogP contribution in [0.3, 0.4) is 0 Å². The maximum Gasteiger partial charge on any atom is 0.0713 e. The summed E-state index contributed by atoms with van der Waals surface area (Å²) >= 11 is 1.89. The largest absolute Gasteiger partial charge is 0.310 e. The molecule has 240 valence electrons. The first-order valence-electron chi connectivity index (χ1n) is 17.5. The van der Waals surface area contributed by atoms with Crippen LogP contribution in [0.5, 0.6) is 0 Å². The molecule has 2 heteroatoms. The van der Waals surface area contributed by atoms with Gasteiger partial charge in [-0.2, -0.15) is 0 Å². The highest BCUT2D eigenvalue weighted by Crippen LogP contribution is 2.57. The highest BCUT2D eigenvalue weighted by atomic mass is 32.1. The summed E-state index contributed by atoms with van der Waals surface area (Å²) in [7, 11) is 0. The van der Waals surface area contributed by atoms with Crippen molar-refractivity contribution in [3.8, 4) is 22.3 Å². The van der Waals surface area contributed by atoms with Gasteiger partial charge in [-0.15, -0.1) is 11.3 Å². The second-order valence-corrected chi connectivity index (χ2v) is 14.3. The molecule has 10 rings (SSSR count). The second kappa shape index (κ2) is 12.0. The predicted octanol–water partition coefficient (Wildman–Crippen LogP) is 13.6. The van der Waals surface area contributed by atoms with Crippen LogP contribution in [-0.4, -0.2) is 0 Å². The third kappa shape index (κ3) is 4.54. The van der Waals surface area contributed by atoms with Crippen molar-refractivity contribution < 1.29 is 0 Å². The lowest BCUT2D eigenvalue weighted by atomic mass is 9.67. The van der Waals surface area contributed by atoms with E-state index in [1.54, 1.807) is 0 Å². The average Bonchev–Trinajstić information content (AvgIpc) is 3.73. The van der Waals surface area contributed by atoms with Gasteiger partial charge in [0.25, 0.3) is 0 Å². The van der Waals surface area contributed by atoms with Crippen LogP contribution in [0.2, 0.25) is 0 Å². The molecule has 0 radical (unpaired) electrons. The van der Waals surface area contributed by atoms with Crippen LogP contribution in [0.4, 0.5) is 17.1 Å². The fourth-order valence-electron chi connectivity index (χ4n) is 8.43. The molecule has 0 bridgehead atoms.